The number of hydrogen-bond donors (Lipinski definition) is 2. The molecule has 30 heavy (non-hydrogen) atoms. The molecule has 6 nitrogen and oxygen atoms in total. The van der Waals surface area contributed by atoms with Gasteiger partial charge in [-0.15, -0.1) is 11.3 Å². The maximum absolute atomic E-state index is 12.2. The second kappa shape index (κ2) is 10.3. The van der Waals surface area contributed by atoms with E-state index in [2.05, 4.69) is 10.6 Å². The molecule has 0 bridgehead atoms. The van der Waals surface area contributed by atoms with Crippen molar-refractivity contribution >= 4 is 46.1 Å². The van der Waals surface area contributed by atoms with Gasteiger partial charge < -0.3 is 10.6 Å². The zero-order valence-electron chi connectivity index (χ0n) is 17.8. The lowest BCUT2D eigenvalue weighted by molar-refractivity contribution is -0.123. The predicted octanol–water partition coefficient (Wildman–Crippen LogP) is 4.99. The molecule has 2 aromatic rings. The van der Waals surface area contributed by atoms with Crippen LogP contribution in [0.15, 0.2) is 36.4 Å². The summed E-state index contributed by atoms with van der Waals surface area (Å²) in [4.78, 5) is 50.1. The fourth-order valence-corrected chi connectivity index (χ4v) is 3.39. The topological polar surface area (TPSA) is 92.3 Å². The summed E-state index contributed by atoms with van der Waals surface area (Å²) in [6.45, 7) is 7.39. The Morgan fingerprint density at radius 1 is 0.867 bits per heavy atom. The van der Waals surface area contributed by atoms with Crippen LogP contribution < -0.4 is 10.6 Å². The molecule has 0 aliphatic carbocycles. The maximum Gasteiger partial charge on any atom is 0.229 e. The molecule has 7 heteroatoms. The summed E-state index contributed by atoms with van der Waals surface area (Å²) in [6.07, 6.45) is 0.431. The van der Waals surface area contributed by atoms with Crippen molar-refractivity contribution in [2.75, 3.05) is 10.6 Å². The smallest absolute Gasteiger partial charge is 0.229 e. The average molecular weight is 429 g/mol. The SMILES string of the molecule is Cc1ccc(C(=O)CCC(=O)CCC(=O)Nc2cccc(NC(=O)C(C)(C)C)c2)s1. The molecule has 0 fully saturated rings. The molecule has 1 aromatic heterocycles. The Morgan fingerprint density at radius 3 is 2.10 bits per heavy atom. The minimum absolute atomic E-state index is 0.0416. The van der Waals surface area contributed by atoms with Crippen LogP contribution in [0.4, 0.5) is 11.4 Å². The number of aryl methyl sites for hydroxylation is 1. The van der Waals surface area contributed by atoms with E-state index in [0.29, 0.717) is 16.3 Å². The van der Waals surface area contributed by atoms with Crippen LogP contribution in [-0.4, -0.2) is 23.4 Å². The Hall–Kier alpha value is -2.80. The van der Waals surface area contributed by atoms with Gasteiger partial charge in [-0.3, -0.25) is 19.2 Å². The molecule has 0 radical (unpaired) electrons. The van der Waals surface area contributed by atoms with Gasteiger partial charge in [-0.2, -0.15) is 0 Å². The van der Waals surface area contributed by atoms with Crippen LogP contribution in [-0.2, 0) is 14.4 Å². The normalized spacial score (nSPS) is 11.1. The van der Waals surface area contributed by atoms with Gasteiger partial charge in [0.25, 0.3) is 0 Å². The van der Waals surface area contributed by atoms with Crippen LogP contribution in [0.1, 0.15) is 61.0 Å². The van der Waals surface area contributed by atoms with E-state index in [1.165, 1.54) is 11.3 Å². The first-order valence-corrected chi connectivity index (χ1v) is 10.7. The molecule has 0 aliphatic heterocycles. The molecule has 0 aliphatic rings. The number of rotatable bonds is 9. The van der Waals surface area contributed by atoms with E-state index in [4.69, 9.17) is 0 Å². The summed E-state index contributed by atoms with van der Waals surface area (Å²) in [5, 5.41) is 5.55. The first-order valence-electron chi connectivity index (χ1n) is 9.87. The van der Waals surface area contributed by atoms with Crippen LogP contribution in [0.5, 0.6) is 0 Å². The van der Waals surface area contributed by atoms with Gasteiger partial charge >= 0.3 is 0 Å². The number of carbonyl (C=O) groups is 4. The molecule has 0 saturated heterocycles. The second-order valence-corrected chi connectivity index (χ2v) is 9.49. The highest BCUT2D eigenvalue weighted by Crippen LogP contribution is 2.20. The summed E-state index contributed by atoms with van der Waals surface area (Å²) < 4.78 is 0. The lowest BCUT2D eigenvalue weighted by Crippen LogP contribution is -2.27. The number of carbonyl (C=O) groups excluding carboxylic acids is 4. The van der Waals surface area contributed by atoms with Crippen molar-refractivity contribution in [1.29, 1.82) is 0 Å². The van der Waals surface area contributed by atoms with Crippen molar-refractivity contribution in [3.63, 3.8) is 0 Å². The standard InChI is InChI=1S/C23H28N2O4S/c1-15-8-12-20(30-15)19(27)11-9-18(26)10-13-21(28)24-16-6-5-7-17(14-16)25-22(29)23(2,3)4/h5-8,12,14H,9-11,13H2,1-4H3,(H,24,28)(H,25,29). The Balaban J connectivity index is 1.77. The number of hydrogen-bond acceptors (Lipinski definition) is 5. The van der Waals surface area contributed by atoms with E-state index in [1.807, 2.05) is 33.8 Å². The number of nitrogens with one attached hydrogen (secondary N) is 2. The molecule has 0 unspecified atom stereocenters. The molecule has 1 aromatic carbocycles. The predicted molar refractivity (Wildman–Crippen MR) is 120 cm³/mol. The van der Waals surface area contributed by atoms with Gasteiger partial charge in [0.1, 0.15) is 5.78 Å². The van der Waals surface area contributed by atoms with Gasteiger partial charge in [0.2, 0.25) is 11.8 Å². The Bertz CT molecular complexity index is 941. The van der Waals surface area contributed by atoms with Crippen molar-refractivity contribution in [3.05, 3.63) is 46.2 Å². The van der Waals surface area contributed by atoms with Gasteiger partial charge in [0.15, 0.2) is 5.78 Å². The highest BCUT2D eigenvalue weighted by Gasteiger charge is 2.21. The van der Waals surface area contributed by atoms with E-state index in [9.17, 15) is 19.2 Å². The van der Waals surface area contributed by atoms with Gasteiger partial charge in [0, 0.05) is 47.4 Å². The molecule has 2 amide bonds. The fourth-order valence-electron chi connectivity index (χ4n) is 2.56. The van der Waals surface area contributed by atoms with Crippen molar-refractivity contribution in [2.24, 2.45) is 5.41 Å². The second-order valence-electron chi connectivity index (χ2n) is 8.21. The first kappa shape index (κ1) is 23.5. The minimum Gasteiger partial charge on any atom is -0.326 e. The Kier molecular flexibility index (Phi) is 8.06. The Morgan fingerprint density at radius 2 is 1.50 bits per heavy atom. The van der Waals surface area contributed by atoms with Crippen molar-refractivity contribution in [1.82, 2.24) is 0 Å². The van der Waals surface area contributed by atoms with Gasteiger partial charge in [-0.1, -0.05) is 26.8 Å². The fraction of sp³-hybridized carbons (Fsp3) is 0.391. The number of Topliss-reactive ketones (excluding diaryl/α,β-unsaturated/α-hetero) is 2. The summed E-state index contributed by atoms with van der Waals surface area (Å²) in [7, 11) is 0. The molecule has 2 rings (SSSR count). The quantitative estimate of drug-likeness (QED) is 0.550. The summed E-state index contributed by atoms with van der Waals surface area (Å²) in [5.74, 6) is -0.565. The highest BCUT2D eigenvalue weighted by atomic mass is 32.1. The van der Waals surface area contributed by atoms with Crippen molar-refractivity contribution in [2.45, 2.75) is 53.4 Å². The lowest BCUT2D eigenvalue weighted by Gasteiger charge is -2.18. The van der Waals surface area contributed by atoms with Crippen molar-refractivity contribution in [3.8, 4) is 0 Å². The van der Waals surface area contributed by atoms with Crippen LogP contribution in [0.3, 0.4) is 0 Å². The van der Waals surface area contributed by atoms with E-state index in [1.54, 1.807) is 30.3 Å². The van der Waals surface area contributed by atoms with Crippen LogP contribution >= 0.6 is 11.3 Å². The molecule has 160 valence electrons. The third-order valence-electron chi connectivity index (χ3n) is 4.36. The largest absolute Gasteiger partial charge is 0.326 e. The zero-order valence-corrected chi connectivity index (χ0v) is 18.7. The highest BCUT2D eigenvalue weighted by molar-refractivity contribution is 7.14. The van der Waals surface area contributed by atoms with Gasteiger partial charge in [-0.25, -0.2) is 0 Å². The lowest BCUT2D eigenvalue weighted by atomic mass is 9.95. The van der Waals surface area contributed by atoms with E-state index >= 15 is 0 Å². The third kappa shape index (κ3) is 7.55. The summed E-state index contributed by atoms with van der Waals surface area (Å²) >= 11 is 1.42. The first-order chi connectivity index (χ1) is 14.0. The molecular formula is C23H28N2O4S. The minimum atomic E-state index is -0.524. The van der Waals surface area contributed by atoms with Crippen LogP contribution in [0.25, 0.3) is 0 Å². The van der Waals surface area contributed by atoms with Gasteiger partial charge in [0.05, 0.1) is 4.88 Å². The molecule has 0 spiro atoms. The number of anilines is 2. The molecule has 1 heterocycles. The van der Waals surface area contributed by atoms with Crippen LogP contribution in [0.2, 0.25) is 0 Å². The van der Waals surface area contributed by atoms with E-state index in [0.717, 1.165) is 4.88 Å². The Labute approximate surface area is 181 Å². The number of thiophene rings is 1. The van der Waals surface area contributed by atoms with E-state index < -0.39 is 5.41 Å². The molecule has 0 saturated carbocycles. The molecule has 2 N–H and O–H groups in total. The zero-order chi connectivity index (χ0) is 22.3. The molecular weight excluding hydrogens is 400 g/mol. The number of benzene rings is 1. The number of amides is 2. The van der Waals surface area contributed by atoms with Crippen LogP contribution in [0, 0.1) is 12.3 Å². The summed E-state index contributed by atoms with van der Waals surface area (Å²) in [6, 6.07) is 10.5. The monoisotopic (exact) mass is 428 g/mol. The van der Waals surface area contributed by atoms with E-state index in [-0.39, 0.29) is 49.1 Å². The van der Waals surface area contributed by atoms with Crippen molar-refractivity contribution < 1.29 is 19.2 Å². The summed E-state index contributed by atoms with van der Waals surface area (Å²) in [5.41, 5.74) is 0.608. The maximum atomic E-state index is 12.2. The third-order valence-corrected chi connectivity index (χ3v) is 5.40. The number of ketones is 2. The molecule has 0 atom stereocenters. The average Bonchev–Trinajstić information content (AvgIpc) is 3.10. The van der Waals surface area contributed by atoms with Gasteiger partial charge in [-0.05, 0) is 37.3 Å².